The lowest BCUT2D eigenvalue weighted by molar-refractivity contribution is 0.347. The predicted molar refractivity (Wildman–Crippen MR) is 78.7 cm³/mol. The van der Waals surface area contributed by atoms with Gasteiger partial charge in [-0.2, -0.15) is 0 Å². The topological polar surface area (TPSA) is 39.2 Å². The number of hydrogen-bond donors (Lipinski definition) is 0. The Morgan fingerprint density at radius 2 is 1.84 bits per heavy atom. The van der Waals surface area contributed by atoms with Gasteiger partial charge in [-0.1, -0.05) is 18.2 Å². The molecule has 1 atom stereocenters. The molecular weight excluding hydrogens is 257 g/mol. The summed E-state index contributed by atoms with van der Waals surface area (Å²) in [6.45, 7) is 6.11. The first-order valence-electron chi connectivity index (χ1n) is 6.32. The van der Waals surface area contributed by atoms with Crippen molar-refractivity contribution in [3.05, 3.63) is 53.7 Å². The molecule has 0 aliphatic rings. The Balaban J connectivity index is 2.59. The number of benzene rings is 1. The van der Waals surface area contributed by atoms with Gasteiger partial charge in [0.05, 0.1) is 6.61 Å². The molecule has 0 N–H and O–H groups in total. The van der Waals surface area contributed by atoms with Crippen LogP contribution in [0.5, 0.6) is 0 Å². The maximum Gasteiger partial charge on any atom is 0.279 e. The van der Waals surface area contributed by atoms with Crippen LogP contribution in [0.4, 0.5) is 0 Å². The molecule has 0 bridgehead atoms. The molecule has 100 valence electrons. The number of aromatic nitrogens is 1. The maximum atomic E-state index is 13.2. The van der Waals surface area contributed by atoms with Crippen LogP contribution in [-0.4, -0.2) is 11.6 Å². The summed E-state index contributed by atoms with van der Waals surface area (Å²) in [5, 5.41) is 0.689. The van der Waals surface area contributed by atoms with Crippen molar-refractivity contribution in [1.29, 1.82) is 0 Å². The SMILES string of the molecule is CCOP(=O)(c1ccccc1)c1cc(C)cc(C)n1. The van der Waals surface area contributed by atoms with Gasteiger partial charge in [-0.25, -0.2) is 4.98 Å². The van der Waals surface area contributed by atoms with Crippen LogP contribution >= 0.6 is 7.37 Å². The first-order valence-corrected chi connectivity index (χ1v) is 7.95. The van der Waals surface area contributed by atoms with Gasteiger partial charge in [0, 0.05) is 11.0 Å². The number of nitrogens with zero attached hydrogens (tertiary/aromatic N) is 1. The maximum absolute atomic E-state index is 13.2. The molecule has 4 heteroatoms. The van der Waals surface area contributed by atoms with E-state index >= 15 is 0 Å². The van der Waals surface area contributed by atoms with Crippen LogP contribution in [0.2, 0.25) is 0 Å². The molecule has 0 amide bonds. The third kappa shape index (κ3) is 2.94. The average molecular weight is 275 g/mol. The van der Waals surface area contributed by atoms with Crippen LogP contribution in [0.25, 0.3) is 0 Å². The van der Waals surface area contributed by atoms with Crippen LogP contribution in [0, 0.1) is 13.8 Å². The van der Waals surface area contributed by atoms with Gasteiger partial charge >= 0.3 is 0 Å². The van der Waals surface area contributed by atoms with E-state index in [9.17, 15) is 4.57 Å². The van der Waals surface area contributed by atoms with Crippen molar-refractivity contribution in [1.82, 2.24) is 4.98 Å². The Morgan fingerprint density at radius 1 is 1.16 bits per heavy atom. The first-order chi connectivity index (χ1) is 9.06. The second-order valence-electron chi connectivity index (χ2n) is 4.45. The predicted octanol–water partition coefficient (Wildman–Crippen LogP) is 2.96. The zero-order valence-electron chi connectivity index (χ0n) is 11.5. The summed E-state index contributed by atoms with van der Waals surface area (Å²) < 4.78 is 18.8. The minimum atomic E-state index is -3.09. The average Bonchev–Trinajstić information content (AvgIpc) is 2.39. The summed E-state index contributed by atoms with van der Waals surface area (Å²) in [4.78, 5) is 4.41. The van der Waals surface area contributed by atoms with E-state index in [1.807, 2.05) is 63.2 Å². The fraction of sp³-hybridized carbons (Fsp3) is 0.267. The molecule has 19 heavy (non-hydrogen) atoms. The summed E-state index contributed by atoms with van der Waals surface area (Å²) in [6, 6.07) is 13.1. The second-order valence-corrected chi connectivity index (χ2v) is 6.78. The van der Waals surface area contributed by atoms with E-state index in [4.69, 9.17) is 4.52 Å². The fourth-order valence-electron chi connectivity index (χ4n) is 2.05. The van der Waals surface area contributed by atoms with E-state index in [1.54, 1.807) is 0 Å². The number of aryl methyl sites for hydroxylation is 2. The Hall–Kier alpha value is -1.44. The van der Waals surface area contributed by atoms with Crippen LogP contribution in [0.1, 0.15) is 18.2 Å². The first kappa shape index (κ1) is 14.0. The number of rotatable bonds is 4. The molecule has 1 unspecified atom stereocenters. The normalized spacial score (nSPS) is 14.1. The summed E-state index contributed by atoms with van der Waals surface area (Å²) in [7, 11) is -3.09. The highest BCUT2D eigenvalue weighted by molar-refractivity contribution is 7.74. The second kappa shape index (κ2) is 5.68. The molecule has 0 aliphatic heterocycles. The van der Waals surface area contributed by atoms with Crippen LogP contribution in [0.15, 0.2) is 42.5 Å². The molecule has 1 aromatic carbocycles. The van der Waals surface area contributed by atoms with Gasteiger partial charge in [0.15, 0.2) is 0 Å². The largest absolute Gasteiger partial charge is 0.321 e. The van der Waals surface area contributed by atoms with Gasteiger partial charge in [0.25, 0.3) is 7.37 Å². The van der Waals surface area contributed by atoms with Crippen molar-refractivity contribution in [2.45, 2.75) is 20.8 Å². The third-order valence-electron chi connectivity index (χ3n) is 2.79. The van der Waals surface area contributed by atoms with Crippen molar-refractivity contribution in [2.75, 3.05) is 6.61 Å². The van der Waals surface area contributed by atoms with Gasteiger partial charge in [-0.3, -0.25) is 4.57 Å². The molecule has 2 rings (SSSR count). The molecule has 2 aromatic rings. The Morgan fingerprint density at radius 3 is 2.42 bits per heavy atom. The molecule has 1 heterocycles. The summed E-state index contributed by atoms with van der Waals surface area (Å²) in [6.07, 6.45) is 0. The molecule has 0 spiro atoms. The lowest BCUT2D eigenvalue weighted by atomic mass is 10.3. The summed E-state index contributed by atoms with van der Waals surface area (Å²) >= 11 is 0. The third-order valence-corrected chi connectivity index (χ3v) is 5.22. The Labute approximate surface area is 114 Å². The number of pyridine rings is 1. The van der Waals surface area contributed by atoms with Gasteiger partial charge in [-0.05, 0) is 50.6 Å². The monoisotopic (exact) mass is 275 g/mol. The molecular formula is C15H18NO2P. The smallest absolute Gasteiger partial charge is 0.279 e. The molecule has 0 saturated carbocycles. The van der Waals surface area contributed by atoms with E-state index in [-0.39, 0.29) is 0 Å². The van der Waals surface area contributed by atoms with E-state index < -0.39 is 7.37 Å². The Bertz CT molecular complexity index is 591. The van der Waals surface area contributed by atoms with E-state index in [0.717, 1.165) is 11.3 Å². The lowest BCUT2D eigenvalue weighted by Crippen LogP contribution is -2.21. The van der Waals surface area contributed by atoms with Crippen LogP contribution in [-0.2, 0) is 9.09 Å². The van der Waals surface area contributed by atoms with Crippen LogP contribution < -0.4 is 10.7 Å². The molecule has 0 aliphatic carbocycles. The highest BCUT2D eigenvalue weighted by Crippen LogP contribution is 2.43. The van der Waals surface area contributed by atoms with Gasteiger partial charge in [0.1, 0.15) is 5.44 Å². The quantitative estimate of drug-likeness (QED) is 0.805. The van der Waals surface area contributed by atoms with Gasteiger partial charge in [0.2, 0.25) is 0 Å². The minimum Gasteiger partial charge on any atom is -0.321 e. The standard InChI is InChI=1S/C15H18NO2P/c1-4-18-19(17,14-8-6-5-7-9-14)15-11-12(2)10-13(3)16-15/h5-11H,4H2,1-3H3. The molecule has 0 saturated heterocycles. The van der Waals surface area contributed by atoms with Crippen molar-refractivity contribution in [3.8, 4) is 0 Å². The zero-order valence-corrected chi connectivity index (χ0v) is 12.4. The highest BCUT2D eigenvalue weighted by atomic mass is 31.2. The highest BCUT2D eigenvalue weighted by Gasteiger charge is 2.29. The number of hydrogen-bond acceptors (Lipinski definition) is 3. The molecule has 0 fully saturated rings. The Kier molecular flexibility index (Phi) is 4.18. The fourth-order valence-corrected chi connectivity index (χ4v) is 4.19. The van der Waals surface area contributed by atoms with Crippen LogP contribution in [0.3, 0.4) is 0 Å². The van der Waals surface area contributed by atoms with E-state index in [0.29, 0.717) is 17.3 Å². The van der Waals surface area contributed by atoms with E-state index in [1.165, 1.54) is 0 Å². The van der Waals surface area contributed by atoms with Gasteiger partial charge in [-0.15, -0.1) is 0 Å². The van der Waals surface area contributed by atoms with Crippen molar-refractivity contribution in [2.24, 2.45) is 0 Å². The summed E-state index contributed by atoms with van der Waals surface area (Å²) in [5.41, 5.74) is 2.42. The minimum absolute atomic E-state index is 0.390. The molecule has 0 radical (unpaired) electrons. The molecule has 1 aromatic heterocycles. The van der Waals surface area contributed by atoms with Gasteiger partial charge < -0.3 is 4.52 Å². The van der Waals surface area contributed by atoms with E-state index in [2.05, 4.69) is 4.98 Å². The molecule has 3 nitrogen and oxygen atoms in total. The van der Waals surface area contributed by atoms with Crippen molar-refractivity contribution in [3.63, 3.8) is 0 Å². The van der Waals surface area contributed by atoms with Crippen molar-refractivity contribution >= 4 is 18.1 Å². The zero-order chi connectivity index (χ0) is 13.9. The van der Waals surface area contributed by atoms with Crippen molar-refractivity contribution < 1.29 is 9.09 Å². The summed E-state index contributed by atoms with van der Waals surface area (Å²) in [5.74, 6) is 0. The lowest BCUT2D eigenvalue weighted by Gasteiger charge is -2.18.